The lowest BCUT2D eigenvalue weighted by molar-refractivity contribution is -0.145. The Balaban J connectivity index is 2.20. The van der Waals surface area contributed by atoms with Crippen molar-refractivity contribution < 1.29 is 32.6 Å². The Morgan fingerprint density at radius 1 is 1.26 bits per heavy atom. The van der Waals surface area contributed by atoms with Crippen LogP contribution in [0.1, 0.15) is 21.6 Å². The van der Waals surface area contributed by atoms with Crippen molar-refractivity contribution in [2.45, 2.75) is 18.7 Å². The molecule has 0 saturated carbocycles. The van der Waals surface area contributed by atoms with Crippen molar-refractivity contribution in [1.82, 2.24) is 4.98 Å². The standard InChI is InChI=1S/C14H11F4NO3S/c15-8-3-1-7(2-4-8)11(20)10(12(21)22)5-9-6-19-13(23-9)14(16,17)18/h1-4,6,10-11,20H,5H2,(H,21,22). The first-order valence-electron chi connectivity index (χ1n) is 6.36. The number of aromatic nitrogens is 1. The summed E-state index contributed by atoms with van der Waals surface area (Å²) in [5, 5.41) is 18.3. The summed E-state index contributed by atoms with van der Waals surface area (Å²) >= 11 is 0.330. The number of hydrogen-bond donors (Lipinski definition) is 2. The Morgan fingerprint density at radius 3 is 2.35 bits per heavy atom. The number of carbonyl (C=O) groups is 1. The normalized spacial score (nSPS) is 14.5. The highest BCUT2D eigenvalue weighted by Gasteiger charge is 2.35. The molecule has 0 saturated heterocycles. The molecule has 2 rings (SSSR count). The van der Waals surface area contributed by atoms with Crippen molar-refractivity contribution in [2.24, 2.45) is 5.92 Å². The highest BCUT2D eigenvalue weighted by molar-refractivity contribution is 7.11. The van der Waals surface area contributed by atoms with E-state index in [2.05, 4.69) is 4.98 Å². The minimum atomic E-state index is -4.60. The Hall–Kier alpha value is -2.00. The number of thiazole rings is 1. The maximum atomic E-state index is 12.9. The molecule has 124 valence electrons. The van der Waals surface area contributed by atoms with Gasteiger partial charge < -0.3 is 10.2 Å². The lowest BCUT2D eigenvalue weighted by Crippen LogP contribution is -2.24. The van der Waals surface area contributed by atoms with Crippen LogP contribution in [0.25, 0.3) is 0 Å². The molecule has 0 aliphatic rings. The highest BCUT2D eigenvalue weighted by Crippen LogP contribution is 2.34. The van der Waals surface area contributed by atoms with Gasteiger partial charge in [-0.25, -0.2) is 9.37 Å². The third-order valence-electron chi connectivity index (χ3n) is 3.13. The van der Waals surface area contributed by atoms with Crippen LogP contribution < -0.4 is 0 Å². The van der Waals surface area contributed by atoms with Gasteiger partial charge in [0.2, 0.25) is 0 Å². The van der Waals surface area contributed by atoms with Crippen LogP contribution in [-0.2, 0) is 17.4 Å². The van der Waals surface area contributed by atoms with Gasteiger partial charge in [0.1, 0.15) is 5.82 Å². The molecule has 2 N–H and O–H groups in total. The zero-order chi connectivity index (χ0) is 17.2. The van der Waals surface area contributed by atoms with Crippen LogP contribution in [0.3, 0.4) is 0 Å². The summed E-state index contributed by atoms with van der Waals surface area (Å²) in [7, 11) is 0. The zero-order valence-corrected chi connectivity index (χ0v) is 12.2. The number of nitrogens with zero attached hydrogens (tertiary/aromatic N) is 1. The number of rotatable bonds is 5. The molecular weight excluding hydrogens is 338 g/mol. The summed E-state index contributed by atoms with van der Waals surface area (Å²) in [6.07, 6.45) is -5.45. The second kappa shape index (κ2) is 6.63. The molecule has 0 fully saturated rings. The minimum absolute atomic E-state index is 0.0888. The molecule has 9 heteroatoms. The Morgan fingerprint density at radius 2 is 1.87 bits per heavy atom. The smallest absolute Gasteiger partial charge is 0.443 e. The fraction of sp³-hybridized carbons (Fsp3) is 0.286. The van der Waals surface area contributed by atoms with Gasteiger partial charge in [0.05, 0.1) is 12.0 Å². The van der Waals surface area contributed by atoms with E-state index in [1.54, 1.807) is 0 Å². The van der Waals surface area contributed by atoms with Crippen molar-refractivity contribution in [3.8, 4) is 0 Å². The van der Waals surface area contributed by atoms with E-state index in [4.69, 9.17) is 0 Å². The molecule has 2 atom stereocenters. The van der Waals surface area contributed by atoms with Crippen molar-refractivity contribution in [3.05, 3.63) is 51.7 Å². The van der Waals surface area contributed by atoms with E-state index in [0.717, 1.165) is 18.3 Å². The van der Waals surface area contributed by atoms with Gasteiger partial charge in [-0.1, -0.05) is 12.1 Å². The first-order valence-corrected chi connectivity index (χ1v) is 7.18. The van der Waals surface area contributed by atoms with E-state index in [1.807, 2.05) is 0 Å². The number of carboxylic acids is 1. The van der Waals surface area contributed by atoms with Gasteiger partial charge in [-0.15, -0.1) is 11.3 Å². The molecule has 1 aromatic heterocycles. The predicted octanol–water partition coefficient (Wildman–Crippen LogP) is 3.28. The summed E-state index contributed by atoms with van der Waals surface area (Å²) in [5.74, 6) is -3.30. The molecule has 1 aromatic carbocycles. The number of alkyl halides is 3. The van der Waals surface area contributed by atoms with Crippen LogP contribution in [0.2, 0.25) is 0 Å². The molecule has 0 amide bonds. The van der Waals surface area contributed by atoms with E-state index in [1.165, 1.54) is 12.1 Å². The molecule has 2 unspecified atom stereocenters. The van der Waals surface area contributed by atoms with Gasteiger partial charge in [-0.05, 0) is 24.1 Å². The summed E-state index contributed by atoms with van der Waals surface area (Å²) < 4.78 is 50.4. The maximum absolute atomic E-state index is 12.9. The number of hydrogen-bond acceptors (Lipinski definition) is 4. The van der Waals surface area contributed by atoms with Crippen molar-refractivity contribution in [2.75, 3.05) is 0 Å². The van der Waals surface area contributed by atoms with Crippen molar-refractivity contribution >= 4 is 17.3 Å². The summed E-state index contributed by atoms with van der Waals surface area (Å²) in [4.78, 5) is 14.6. The lowest BCUT2D eigenvalue weighted by Gasteiger charge is -2.18. The Kier molecular flexibility index (Phi) is 5.00. The zero-order valence-electron chi connectivity index (χ0n) is 11.4. The molecule has 0 aliphatic carbocycles. The average Bonchev–Trinajstić information content (AvgIpc) is 2.93. The molecule has 23 heavy (non-hydrogen) atoms. The SMILES string of the molecule is O=C(O)C(Cc1cnc(C(F)(F)F)s1)C(O)c1ccc(F)cc1. The van der Waals surface area contributed by atoms with Gasteiger partial charge in [-0.3, -0.25) is 4.79 Å². The van der Waals surface area contributed by atoms with Crippen LogP contribution in [0.5, 0.6) is 0 Å². The minimum Gasteiger partial charge on any atom is -0.481 e. The molecule has 4 nitrogen and oxygen atoms in total. The van der Waals surface area contributed by atoms with Gasteiger partial charge in [0, 0.05) is 11.1 Å². The second-order valence-corrected chi connectivity index (χ2v) is 5.89. The molecule has 2 aromatic rings. The second-order valence-electron chi connectivity index (χ2n) is 4.77. The quantitative estimate of drug-likeness (QED) is 0.813. The molecule has 1 heterocycles. The van der Waals surface area contributed by atoms with Gasteiger partial charge in [-0.2, -0.15) is 13.2 Å². The first-order chi connectivity index (χ1) is 10.7. The Labute approximate surface area is 132 Å². The fourth-order valence-electron chi connectivity index (χ4n) is 1.98. The predicted molar refractivity (Wildman–Crippen MR) is 73.3 cm³/mol. The van der Waals surface area contributed by atoms with Crippen molar-refractivity contribution in [3.63, 3.8) is 0 Å². The molecule has 0 bridgehead atoms. The number of carboxylic acid groups (broad SMARTS) is 1. The number of halogens is 4. The van der Waals surface area contributed by atoms with E-state index < -0.39 is 35.0 Å². The number of benzene rings is 1. The largest absolute Gasteiger partial charge is 0.481 e. The summed E-state index contributed by atoms with van der Waals surface area (Å²) in [6.45, 7) is 0. The average molecular weight is 349 g/mol. The van der Waals surface area contributed by atoms with Crippen LogP contribution in [0.15, 0.2) is 30.5 Å². The third-order valence-corrected chi connectivity index (χ3v) is 4.19. The summed E-state index contributed by atoms with van der Waals surface area (Å²) in [6, 6.07) is 4.57. The van der Waals surface area contributed by atoms with Gasteiger partial charge >= 0.3 is 12.1 Å². The topological polar surface area (TPSA) is 70.4 Å². The third kappa shape index (κ3) is 4.26. The Bertz CT molecular complexity index is 684. The summed E-state index contributed by atoms with van der Waals surface area (Å²) in [5.41, 5.74) is 0.166. The van der Waals surface area contributed by atoms with Gasteiger partial charge in [0.15, 0.2) is 5.01 Å². The number of aliphatic hydroxyl groups excluding tert-OH is 1. The monoisotopic (exact) mass is 349 g/mol. The molecule has 0 aliphatic heterocycles. The first kappa shape index (κ1) is 17.4. The van der Waals surface area contributed by atoms with Crippen LogP contribution in [0.4, 0.5) is 17.6 Å². The highest BCUT2D eigenvalue weighted by atomic mass is 32.1. The van der Waals surface area contributed by atoms with Crippen LogP contribution >= 0.6 is 11.3 Å². The van der Waals surface area contributed by atoms with E-state index in [9.17, 15) is 32.6 Å². The fourth-order valence-corrected chi connectivity index (χ4v) is 2.81. The molecular formula is C14H11F4NO3S. The molecule has 0 radical (unpaired) electrons. The van der Waals surface area contributed by atoms with Crippen LogP contribution in [0, 0.1) is 11.7 Å². The van der Waals surface area contributed by atoms with E-state index in [0.29, 0.717) is 11.3 Å². The van der Waals surface area contributed by atoms with Crippen LogP contribution in [-0.4, -0.2) is 21.2 Å². The number of aliphatic hydroxyl groups is 1. The van der Waals surface area contributed by atoms with E-state index >= 15 is 0 Å². The van der Waals surface area contributed by atoms with E-state index in [-0.39, 0.29) is 16.9 Å². The van der Waals surface area contributed by atoms with Crippen molar-refractivity contribution in [1.29, 1.82) is 0 Å². The molecule has 0 spiro atoms. The maximum Gasteiger partial charge on any atom is 0.443 e. The van der Waals surface area contributed by atoms with Gasteiger partial charge in [0.25, 0.3) is 0 Å². The lowest BCUT2D eigenvalue weighted by atomic mass is 9.92. The number of aliphatic carboxylic acids is 1.